The minimum absolute atomic E-state index is 0.0369. The van der Waals surface area contributed by atoms with Gasteiger partial charge in [-0.15, -0.1) is 0 Å². The number of hydrogen-bond donors (Lipinski definition) is 1. The summed E-state index contributed by atoms with van der Waals surface area (Å²) in [6.07, 6.45) is 0. The van der Waals surface area contributed by atoms with Gasteiger partial charge in [-0.3, -0.25) is 9.69 Å². The third kappa shape index (κ3) is 5.48. The first-order valence-electron chi connectivity index (χ1n) is 10.5. The zero-order valence-corrected chi connectivity index (χ0v) is 19.2. The van der Waals surface area contributed by atoms with E-state index in [2.05, 4.69) is 10.2 Å². The summed E-state index contributed by atoms with van der Waals surface area (Å²) in [5.74, 6) is -0.463. The molecule has 4 rings (SSSR count). The van der Waals surface area contributed by atoms with Gasteiger partial charge in [0.05, 0.1) is 41.9 Å². The van der Waals surface area contributed by atoms with Crippen molar-refractivity contribution >= 4 is 33.2 Å². The Balaban J connectivity index is 1.45. The molecule has 2 saturated heterocycles. The molecule has 2 aromatic rings. The molecule has 2 aliphatic heterocycles. The molecule has 10 heteroatoms. The quantitative estimate of drug-likeness (QED) is 0.684. The lowest BCUT2D eigenvalue weighted by molar-refractivity contribution is 0.0342. The van der Waals surface area contributed by atoms with Gasteiger partial charge < -0.3 is 14.8 Å². The summed E-state index contributed by atoms with van der Waals surface area (Å²) >= 11 is 6.22. The van der Waals surface area contributed by atoms with Crippen LogP contribution in [0.1, 0.15) is 15.9 Å². The molecule has 2 heterocycles. The molecule has 0 unspecified atom stereocenters. The Hall–Kier alpha value is -2.01. The monoisotopic (exact) mass is 479 g/mol. The molecule has 2 aliphatic rings. The van der Waals surface area contributed by atoms with E-state index in [0.29, 0.717) is 18.9 Å². The van der Waals surface area contributed by atoms with Crippen LogP contribution in [-0.4, -0.2) is 76.1 Å². The second kappa shape index (κ2) is 10.3. The van der Waals surface area contributed by atoms with Gasteiger partial charge in [0.25, 0.3) is 5.91 Å². The average molecular weight is 480 g/mol. The summed E-state index contributed by atoms with van der Waals surface area (Å²) in [5, 5.41) is 2.99. The molecule has 0 aromatic heterocycles. The number of carbonyl (C=O) groups excluding carboxylic acids is 1. The van der Waals surface area contributed by atoms with Crippen LogP contribution in [-0.2, 0) is 26.0 Å². The molecule has 1 amide bonds. The van der Waals surface area contributed by atoms with E-state index < -0.39 is 15.9 Å². The number of hydrogen-bond acceptors (Lipinski definition) is 6. The first kappa shape index (κ1) is 23.2. The largest absolute Gasteiger partial charge is 0.379 e. The molecule has 0 radical (unpaired) electrons. The molecule has 1 N–H and O–H groups in total. The Morgan fingerprint density at radius 2 is 1.56 bits per heavy atom. The third-order valence-corrected chi connectivity index (χ3v) is 7.74. The Morgan fingerprint density at radius 3 is 2.22 bits per heavy atom. The summed E-state index contributed by atoms with van der Waals surface area (Å²) in [4.78, 5) is 15.2. The molecule has 0 spiro atoms. The highest BCUT2D eigenvalue weighted by molar-refractivity contribution is 7.89. The topological polar surface area (TPSA) is 88.2 Å². The van der Waals surface area contributed by atoms with Crippen LogP contribution >= 0.6 is 11.6 Å². The Morgan fingerprint density at radius 1 is 0.938 bits per heavy atom. The molecule has 2 aromatic carbocycles. The zero-order valence-electron chi connectivity index (χ0n) is 17.6. The van der Waals surface area contributed by atoms with E-state index in [4.69, 9.17) is 21.1 Å². The number of ether oxygens (including phenoxy) is 2. The van der Waals surface area contributed by atoms with Gasteiger partial charge in [-0.05, 0) is 35.9 Å². The van der Waals surface area contributed by atoms with Gasteiger partial charge in [0.2, 0.25) is 10.0 Å². The summed E-state index contributed by atoms with van der Waals surface area (Å²) in [5.41, 5.74) is 1.86. The summed E-state index contributed by atoms with van der Waals surface area (Å²) < 4.78 is 37.8. The number of rotatable bonds is 6. The number of benzene rings is 2. The summed E-state index contributed by atoms with van der Waals surface area (Å²) in [6.45, 7) is 5.38. The number of sulfonamides is 1. The highest BCUT2D eigenvalue weighted by Crippen LogP contribution is 2.25. The van der Waals surface area contributed by atoms with Crippen LogP contribution in [0.2, 0.25) is 5.02 Å². The van der Waals surface area contributed by atoms with E-state index in [0.717, 1.165) is 38.4 Å². The fraction of sp³-hybridized carbons (Fsp3) is 0.409. The van der Waals surface area contributed by atoms with E-state index in [1.807, 2.05) is 24.3 Å². The van der Waals surface area contributed by atoms with Gasteiger partial charge in [0.15, 0.2) is 0 Å². The van der Waals surface area contributed by atoms with Crippen molar-refractivity contribution in [2.45, 2.75) is 11.4 Å². The molecule has 0 atom stereocenters. The molecule has 8 nitrogen and oxygen atoms in total. The van der Waals surface area contributed by atoms with E-state index in [1.54, 1.807) is 0 Å². The average Bonchev–Trinajstić information content (AvgIpc) is 2.82. The van der Waals surface area contributed by atoms with Crippen molar-refractivity contribution in [3.8, 4) is 0 Å². The first-order chi connectivity index (χ1) is 15.4. The number of nitrogens with one attached hydrogen (secondary N) is 1. The number of halogens is 1. The van der Waals surface area contributed by atoms with Gasteiger partial charge in [0.1, 0.15) is 0 Å². The normalized spacial score (nSPS) is 18.4. The van der Waals surface area contributed by atoms with E-state index >= 15 is 0 Å². The van der Waals surface area contributed by atoms with Crippen LogP contribution in [0.4, 0.5) is 5.69 Å². The fourth-order valence-corrected chi connectivity index (χ4v) is 5.32. The van der Waals surface area contributed by atoms with Crippen molar-refractivity contribution in [1.29, 1.82) is 0 Å². The predicted molar refractivity (Wildman–Crippen MR) is 122 cm³/mol. The molecule has 0 bridgehead atoms. The first-order valence-corrected chi connectivity index (χ1v) is 12.3. The van der Waals surface area contributed by atoms with Gasteiger partial charge in [-0.1, -0.05) is 23.7 Å². The van der Waals surface area contributed by atoms with Crippen LogP contribution in [0.25, 0.3) is 0 Å². The van der Waals surface area contributed by atoms with Gasteiger partial charge in [-0.25, -0.2) is 8.42 Å². The van der Waals surface area contributed by atoms with Crippen LogP contribution in [0, 0.1) is 0 Å². The van der Waals surface area contributed by atoms with Crippen LogP contribution in [0.5, 0.6) is 0 Å². The standard InChI is InChI=1S/C22H26ClN3O5S/c23-21-6-5-19(32(28,29)26-9-13-31-14-10-26)15-20(21)22(27)24-18-3-1-17(2-4-18)16-25-7-11-30-12-8-25/h1-6,15H,7-14,16H2,(H,24,27). The van der Waals surface area contributed by atoms with Crippen molar-refractivity contribution in [2.24, 2.45) is 0 Å². The van der Waals surface area contributed by atoms with Crippen molar-refractivity contribution in [3.05, 3.63) is 58.6 Å². The Labute approximate surface area is 193 Å². The molecule has 0 saturated carbocycles. The minimum atomic E-state index is -3.73. The van der Waals surface area contributed by atoms with Gasteiger partial charge in [-0.2, -0.15) is 4.31 Å². The molecular formula is C22H26ClN3O5S. The molecule has 32 heavy (non-hydrogen) atoms. The van der Waals surface area contributed by atoms with Crippen molar-refractivity contribution in [2.75, 3.05) is 57.9 Å². The maximum atomic E-state index is 12.9. The van der Waals surface area contributed by atoms with E-state index in [-0.39, 0.29) is 28.6 Å². The Bertz CT molecular complexity index is 1050. The van der Waals surface area contributed by atoms with E-state index in [9.17, 15) is 13.2 Å². The highest BCUT2D eigenvalue weighted by Gasteiger charge is 2.27. The van der Waals surface area contributed by atoms with Crippen LogP contribution in [0.3, 0.4) is 0 Å². The number of nitrogens with zero attached hydrogens (tertiary/aromatic N) is 2. The number of morpholine rings is 2. The smallest absolute Gasteiger partial charge is 0.257 e. The molecule has 2 fully saturated rings. The summed E-state index contributed by atoms with van der Waals surface area (Å²) in [6, 6.07) is 11.8. The summed E-state index contributed by atoms with van der Waals surface area (Å²) in [7, 11) is -3.73. The van der Waals surface area contributed by atoms with Crippen molar-refractivity contribution in [3.63, 3.8) is 0 Å². The predicted octanol–water partition coefficient (Wildman–Crippen LogP) is 2.45. The van der Waals surface area contributed by atoms with Crippen LogP contribution < -0.4 is 5.32 Å². The number of anilines is 1. The Kier molecular flexibility index (Phi) is 7.44. The lowest BCUT2D eigenvalue weighted by atomic mass is 10.1. The zero-order chi connectivity index (χ0) is 22.6. The van der Waals surface area contributed by atoms with Crippen molar-refractivity contribution in [1.82, 2.24) is 9.21 Å². The molecule has 0 aliphatic carbocycles. The van der Waals surface area contributed by atoms with Crippen molar-refractivity contribution < 1.29 is 22.7 Å². The third-order valence-electron chi connectivity index (χ3n) is 5.51. The molecular weight excluding hydrogens is 454 g/mol. The SMILES string of the molecule is O=C(Nc1ccc(CN2CCOCC2)cc1)c1cc(S(=O)(=O)N2CCOCC2)ccc1Cl. The van der Waals surface area contributed by atoms with Crippen LogP contribution in [0.15, 0.2) is 47.4 Å². The number of amides is 1. The number of carbonyl (C=O) groups is 1. The maximum absolute atomic E-state index is 12.9. The van der Waals surface area contributed by atoms with E-state index in [1.165, 1.54) is 22.5 Å². The highest BCUT2D eigenvalue weighted by atomic mass is 35.5. The second-order valence-corrected chi connectivity index (χ2v) is 10.0. The molecule has 172 valence electrons. The second-order valence-electron chi connectivity index (χ2n) is 7.70. The lowest BCUT2D eigenvalue weighted by Crippen LogP contribution is -2.40. The van der Waals surface area contributed by atoms with Gasteiger partial charge in [0, 0.05) is 38.4 Å². The minimum Gasteiger partial charge on any atom is -0.379 e. The fourth-order valence-electron chi connectivity index (χ4n) is 3.68. The maximum Gasteiger partial charge on any atom is 0.257 e. The lowest BCUT2D eigenvalue weighted by Gasteiger charge is -2.26. The van der Waals surface area contributed by atoms with Gasteiger partial charge >= 0.3 is 0 Å².